The van der Waals surface area contributed by atoms with Crippen LogP contribution in [-0.2, 0) is 5.75 Å². The fourth-order valence-electron chi connectivity index (χ4n) is 3.07. The van der Waals surface area contributed by atoms with E-state index in [4.69, 9.17) is 4.98 Å². The number of aromatic nitrogens is 2. The van der Waals surface area contributed by atoms with E-state index in [0.717, 1.165) is 11.6 Å². The first kappa shape index (κ1) is 22.5. The molecule has 1 atom stereocenters. The Bertz CT molecular complexity index is 959. The second-order valence-corrected chi connectivity index (χ2v) is 9.11. The van der Waals surface area contributed by atoms with E-state index in [2.05, 4.69) is 60.1 Å². The first-order valence-corrected chi connectivity index (χ1v) is 11.7. The number of thioether (sulfide) groups is 1. The Morgan fingerprint density at radius 2 is 1.63 bits per heavy atom. The minimum Gasteiger partial charge on any atom is -0.394 e. The maximum Gasteiger partial charge on any atom is 0.191 e. The summed E-state index contributed by atoms with van der Waals surface area (Å²) in [6.07, 6.45) is 0. The van der Waals surface area contributed by atoms with Crippen LogP contribution in [0.5, 0.6) is 0 Å². The van der Waals surface area contributed by atoms with Crippen molar-refractivity contribution in [3.05, 3.63) is 70.8 Å². The molecular weight excluding hydrogens is 412 g/mol. The Kier molecular flexibility index (Phi) is 8.01. The van der Waals surface area contributed by atoms with Crippen LogP contribution in [0, 0.1) is 20.8 Å². The molecular formula is C23H28N4OS2. The highest BCUT2D eigenvalue weighted by Gasteiger charge is 2.10. The molecule has 0 radical (unpaired) electrons. The third kappa shape index (κ3) is 6.39. The molecule has 0 aliphatic rings. The quantitative estimate of drug-likeness (QED) is 0.227. The van der Waals surface area contributed by atoms with E-state index in [0.29, 0.717) is 11.0 Å². The van der Waals surface area contributed by atoms with E-state index in [9.17, 15) is 5.11 Å². The lowest BCUT2D eigenvalue weighted by Gasteiger charge is -2.15. The first-order chi connectivity index (χ1) is 14.4. The Balaban J connectivity index is 1.79. The summed E-state index contributed by atoms with van der Waals surface area (Å²) in [6, 6.07) is 16.4. The minimum atomic E-state index is -0.0889. The highest BCUT2D eigenvalue weighted by molar-refractivity contribution is 8.00. The third-order valence-corrected chi connectivity index (χ3v) is 6.52. The number of hydrogen-bond acceptors (Lipinski definition) is 7. The predicted molar refractivity (Wildman–Crippen MR) is 128 cm³/mol. The number of hydrogen-bond donors (Lipinski definition) is 3. The summed E-state index contributed by atoms with van der Waals surface area (Å²) < 4.78 is 3.38. The molecule has 7 heteroatoms. The number of rotatable bonds is 9. The van der Waals surface area contributed by atoms with E-state index in [-0.39, 0.29) is 12.6 Å². The van der Waals surface area contributed by atoms with Crippen molar-refractivity contribution < 1.29 is 5.11 Å². The Labute approximate surface area is 187 Å². The van der Waals surface area contributed by atoms with Gasteiger partial charge in [0.2, 0.25) is 0 Å². The van der Waals surface area contributed by atoms with Gasteiger partial charge in [-0.05, 0) is 56.3 Å². The molecule has 0 saturated heterocycles. The van der Waals surface area contributed by atoms with Crippen LogP contribution in [0.4, 0.5) is 11.6 Å². The summed E-state index contributed by atoms with van der Waals surface area (Å²) in [5.41, 5.74) is 4.97. The largest absolute Gasteiger partial charge is 0.394 e. The Morgan fingerprint density at radius 1 is 0.967 bits per heavy atom. The van der Waals surface area contributed by atoms with Crippen molar-refractivity contribution in [1.29, 1.82) is 0 Å². The fraction of sp³-hybridized carbons (Fsp3) is 0.304. The van der Waals surface area contributed by atoms with Crippen LogP contribution in [0.3, 0.4) is 0 Å². The van der Waals surface area contributed by atoms with Crippen LogP contribution in [0.25, 0.3) is 0 Å². The molecule has 5 nitrogen and oxygen atoms in total. The molecule has 30 heavy (non-hydrogen) atoms. The summed E-state index contributed by atoms with van der Waals surface area (Å²) in [5.74, 6) is 2.22. The zero-order valence-electron chi connectivity index (χ0n) is 17.8. The predicted octanol–water partition coefficient (Wildman–Crippen LogP) is 5.61. The first-order valence-electron chi connectivity index (χ1n) is 9.88. The summed E-state index contributed by atoms with van der Waals surface area (Å²) in [5, 5.41) is 13.3. The molecule has 2 aromatic carbocycles. The van der Waals surface area contributed by atoms with Crippen LogP contribution >= 0.6 is 23.7 Å². The Morgan fingerprint density at radius 3 is 2.30 bits per heavy atom. The van der Waals surface area contributed by atoms with Crippen molar-refractivity contribution in [3.8, 4) is 0 Å². The van der Waals surface area contributed by atoms with Gasteiger partial charge in [0, 0.05) is 22.8 Å². The molecule has 0 spiro atoms. The lowest BCUT2D eigenvalue weighted by molar-refractivity contribution is 0.281. The highest BCUT2D eigenvalue weighted by atomic mass is 32.2. The van der Waals surface area contributed by atoms with Gasteiger partial charge in [0.05, 0.1) is 6.61 Å². The number of nitrogens with one attached hydrogen (secondary N) is 2. The third-order valence-electron chi connectivity index (χ3n) is 4.45. The molecule has 3 N–H and O–H groups in total. The topological polar surface area (TPSA) is 70.1 Å². The van der Waals surface area contributed by atoms with Crippen molar-refractivity contribution >= 4 is 35.3 Å². The molecule has 3 aromatic rings. The van der Waals surface area contributed by atoms with Crippen LogP contribution in [-0.4, -0.2) is 27.7 Å². The standard InChI is InChI=1S/C23H28N4OS2/c1-15-10-16(2)22(17(3)11-15)30-27-21-12-20(24-18(4)13-28)25-23(26-21)29-14-19-8-6-5-7-9-19/h5-12,18,28H,13-14H2,1-4H3,(H2,24,25,26,27)/t18-/m1/s1. The Hall–Kier alpha value is -2.22. The molecule has 1 heterocycles. The van der Waals surface area contributed by atoms with Gasteiger partial charge in [-0.2, -0.15) is 0 Å². The van der Waals surface area contributed by atoms with Crippen molar-refractivity contribution in [2.24, 2.45) is 0 Å². The van der Waals surface area contributed by atoms with Crippen LogP contribution in [0.2, 0.25) is 0 Å². The maximum absolute atomic E-state index is 9.39. The van der Waals surface area contributed by atoms with E-state index >= 15 is 0 Å². The summed E-state index contributed by atoms with van der Waals surface area (Å²) >= 11 is 3.16. The van der Waals surface area contributed by atoms with Crippen molar-refractivity contribution in [2.75, 3.05) is 16.6 Å². The fourth-order valence-corrected chi connectivity index (χ4v) is 4.63. The van der Waals surface area contributed by atoms with Gasteiger partial charge in [0.1, 0.15) is 11.6 Å². The molecule has 158 valence electrons. The number of anilines is 2. The average Bonchev–Trinajstić information content (AvgIpc) is 2.72. The number of aliphatic hydroxyl groups excluding tert-OH is 1. The molecule has 0 amide bonds. The van der Waals surface area contributed by atoms with E-state index in [1.165, 1.54) is 27.1 Å². The van der Waals surface area contributed by atoms with Crippen LogP contribution in [0.1, 0.15) is 29.2 Å². The molecule has 1 aromatic heterocycles. The van der Waals surface area contributed by atoms with Gasteiger partial charge < -0.3 is 15.1 Å². The molecule has 0 bridgehead atoms. The SMILES string of the molecule is Cc1cc(C)c(SNc2cc(N[C@H](C)CO)nc(SCc3ccccc3)n2)c(C)c1. The summed E-state index contributed by atoms with van der Waals surface area (Å²) in [6.45, 7) is 8.32. The lowest BCUT2D eigenvalue weighted by atomic mass is 10.1. The number of aryl methyl sites for hydroxylation is 3. The molecule has 0 saturated carbocycles. The van der Waals surface area contributed by atoms with E-state index in [1.807, 2.05) is 31.2 Å². The molecule has 0 aliphatic carbocycles. The normalized spacial score (nSPS) is 11.9. The van der Waals surface area contributed by atoms with Gasteiger partial charge in [0.15, 0.2) is 5.16 Å². The van der Waals surface area contributed by atoms with Gasteiger partial charge in [-0.25, -0.2) is 9.97 Å². The summed E-state index contributed by atoms with van der Waals surface area (Å²) in [7, 11) is 0. The second kappa shape index (κ2) is 10.7. The number of nitrogens with zero attached hydrogens (tertiary/aromatic N) is 2. The molecule has 3 rings (SSSR count). The van der Waals surface area contributed by atoms with Crippen molar-refractivity contribution in [3.63, 3.8) is 0 Å². The summed E-state index contributed by atoms with van der Waals surface area (Å²) in [4.78, 5) is 10.5. The van der Waals surface area contributed by atoms with Gasteiger partial charge in [-0.3, -0.25) is 0 Å². The second-order valence-electron chi connectivity index (χ2n) is 7.36. The lowest BCUT2D eigenvalue weighted by Crippen LogP contribution is -2.20. The zero-order chi connectivity index (χ0) is 21.5. The maximum atomic E-state index is 9.39. The van der Waals surface area contributed by atoms with Crippen LogP contribution < -0.4 is 10.0 Å². The smallest absolute Gasteiger partial charge is 0.191 e. The number of benzene rings is 2. The van der Waals surface area contributed by atoms with Crippen molar-refractivity contribution in [1.82, 2.24) is 9.97 Å². The average molecular weight is 441 g/mol. The molecule has 0 unspecified atom stereocenters. The monoisotopic (exact) mass is 440 g/mol. The van der Waals surface area contributed by atoms with Gasteiger partial charge in [-0.15, -0.1) is 0 Å². The van der Waals surface area contributed by atoms with Gasteiger partial charge in [0.25, 0.3) is 0 Å². The van der Waals surface area contributed by atoms with E-state index in [1.54, 1.807) is 23.7 Å². The van der Waals surface area contributed by atoms with Crippen molar-refractivity contribution in [2.45, 2.75) is 49.5 Å². The molecule has 0 fully saturated rings. The molecule has 0 aliphatic heterocycles. The van der Waals surface area contributed by atoms with E-state index < -0.39 is 0 Å². The zero-order valence-corrected chi connectivity index (χ0v) is 19.4. The number of aliphatic hydroxyl groups is 1. The highest BCUT2D eigenvalue weighted by Crippen LogP contribution is 2.30. The van der Waals surface area contributed by atoms with Crippen LogP contribution in [0.15, 0.2) is 58.6 Å². The van der Waals surface area contributed by atoms with Gasteiger partial charge >= 0.3 is 0 Å². The minimum absolute atomic E-state index is 0.0375. The van der Waals surface area contributed by atoms with Gasteiger partial charge in [-0.1, -0.05) is 59.8 Å².